The van der Waals surface area contributed by atoms with E-state index in [2.05, 4.69) is 19.2 Å². The summed E-state index contributed by atoms with van der Waals surface area (Å²) >= 11 is 0. The molecule has 2 rings (SSSR count). The largest absolute Gasteiger partial charge is 0.381 e. The van der Waals surface area contributed by atoms with E-state index in [-0.39, 0.29) is 0 Å². The monoisotopic (exact) mass is 183 g/mol. The fourth-order valence-electron chi connectivity index (χ4n) is 2.36. The van der Waals surface area contributed by atoms with Crippen molar-refractivity contribution in [3.63, 3.8) is 0 Å². The summed E-state index contributed by atoms with van der Waals surface area (Å²) in [7, 11) is 0. The Kier molecular flexibility index (Phi) is 2.89. The maximum Gasteiger partial charge on any atom is 0.0497 e. The maximum atomic E-state index is 5.41. The van der Waals surface area contributed by atoms with Crippen molar-refractivity contribution in [1.82, 2.24) is 5.32 Å². The van der Waals surface area contributed by atoms with E-state index in [4.69, 9.17) is 4.74 Å². The van der Waals surface area contributed by atoms with Gasteiger partial charge in [-0.1, -0.05) is 13.8 Å². The normalized spacial score (nSPS) is 38.5. The van der Waals surface area contributed by atoms with Gasteiger partial charge in [-0.3, -0.25) is 0 Å². The lowest BCUT2D eigenvalue weighted by atomic mass is 10.0. The van der Waals surface area contributed by atoms with Gasteiger partial charge in [-0.25, -0.2) is 0 Å². The van der Waals surface area contributed by atoms with Gasteiger partial charge in [0.1, 0.15) is 0 Å². The molecule has 3 atom stereocenters. The summed E-state index contributed by atoms with van der Waals surface area (Å²) in [6.07, 6.45) is 2.75. The number of hydrogen-bond acceptors (Lipinski definition) is 2. The van der Waals surface area contributed by atoms with Crippen LogP contribution in [-0.2, 0) is 4.74 Å². The Bertz CT molecular complexity index is 163. The van der Waals surface area contributed by atoms with Crippen LogP contribution >= 0.6 is 0 Å². The van der Waals surface area contributed by atoms with Gasteiger partial charge in [-0.2, -0.15) is 0 Å². The molecule has 0 aromatic carbocycles. The lowest BCUT2D eigenvalue weighted by Crippen LogP contribution is -2.25. The third kappa shape index (κ3) is 2.44. The molecule has 3 unspecified atom stereocenters. The van der Waals surface area contributed by atoms with Crippen molar-refractivity contribution in [2.24, 2.45) is 17.8 Å². The fourth-order valence-corrected chi connectivity index (χ4v) is 2.36. The molecule has 0 aromatic rings. The van der Waals surface area contributed by atoms with Gasteiger partial charge in [0.05, 0.1) is 0 Å². The Morgan fingerprint density at radius 3 is 2.92 bits per heavy atom. The predicted molar refractivity (Wildman–Crippen MR) is 53.7 cm³/mol. The van der Waals surface area contributed by atoms with Crippen molar-refractivity contribution >= 4 is 0 Å². The Morgan fingerprint density at radius 2 is 2.31 bits per heavy atom. The summed E-state index contributed by atoms with van der Waals surface area (Å²) in [6.45, 7) is 7.69. The highest BCUT2D eigenvalue weighted by Crippen LogP contribution is 2.46. The Labute approximate surface area is 81.0 Å². The van der Waals surface area contributed by atoms with E-state index in [1.54, 1.807) is 0 Å². The molecule has 2 heteroatoms. The van der Waals surface area contributed by atoms with Gasteiger partial charge in [-0.05, 0) is 37.1 Å². The van der Waals surface area contributed by atoms with Crippen LogP contribution in [-0.4, -0.2) is 25.8 Å². The minimum atomic E-state index is 0.640. The van der Waals surface area contributed by atoms with Crippen molar-refractivity contribution in [3.8, 4) is 0 Å². The molecule has 76 valence electrons. The van der Waals surface area contributed by atoms with Gasteiger partial charge in [0, 0.05) is 19.3 Å². The second kappa shape index (κ2) is 3.97. The summed E-state index contributed by atoms with van der Waals surface area (Å²) in [6, 6.07) is 0.640. The topological polar surface area (TPSA) is 21.3 Å². The minimum Gasteiger partial charge on any atom is -0.381 e. The Balaban J connectivity index is 1.64. The van der Waals surface area contributed by atoms with Crippen LogP contribution in [0.15, 0.2) is 0 Å². The van der Waals surface area contributed by atoms with E-state index >= 15 is 0 Å². The standard InChI is InChI=1S/C11H21NO/c1-8(2)12-6-10-5-11(10)9-3-4-13-7-9/h8-12H,3-7H2,1-2H3. The van der Waals surface area contributed by atoms with Crippen LogP contribution in [0.3, 0.4) is 0 Å². The quantitative estimate of drug-likeness (QED) is 0.715. The molecule has 1 saturated carbocycles. The van der Waals surface area contributed by atoms with Crippen molar-refractivity contribution in [1.29, 1.82) is 0 Å². The smallest absolute Gasteiger partial charge is 0.0497 e. The molecule has 1 N–H and O–H groups in total. The van der Waals surface area contributed by atoms with Crippen molar-refractivity contribution in [3.05, 3.63) is 0 Å². The lowest BCUT2D eigenvalue weighted by molar-refractivity contribution is 0.181. The zero-order valence-electron chi connectivity index (χ0n) is 8.75. The van der Waals surface area contributed by atoms with E-state index in [1.807, 2.05) is 0 Å². The van der Waals surface area contributed by atoms with Gasteiger partial charge in [0.15, 0.2) is 0 Å². The Morgan fingerprint density at radius 1 is 1.46 bits per heavy atom. The third-order valence-corrected chi connectivity index (χ3v) is 3.34. The maximum absolute atomic E-state index is 5.41. The summed E-state index contributed by atoms with van der Waals surface area (Å²) in [5.74, 6) is 2.82. The molecule has 2 nitrogen and oxygen atoms in total. The number of hydrogen-bond donors (Lipinski definition) is 1. The third-order valence-electron chi connectivity index (χ3n) is 3.34. The van der Waals surface area contributed by atoms with Crippen LogP contribution in [0.1, 0.15) is 26.7 Å². The van der Waals surface area contributed by atoms with Crippen LogP contribution in [0.25, 0.3) is 0 Å². The molecule has 0 spiro atoms. The molecule has 1 aliphatic heterocycles. The second-order valence-corrected chi connectivity index (χ2v) is 4.85. The molecule has 1 heterocycles. The molecule has 13 heavy (non-hydrogen) atoms. The molecular weight excluding hydrogens is 162 g/mol. The number of rotatable bonds is 4. The number of nitrogens with one attached hydrogen (secondary N) is 1. The van der Waals surface area contributed by atoms with Crippen molar-refractivity contribution < 1.29 is 4.74 Å². The van der Waals surface area contributed by atoms with E-state index in [0.29, 0.717) is 6.04 Å². The minimum absolute atomic E-state index is 0.640. The molecule has 1 aliphatic carbocycles. The summed E-state index contributed by atoms with van der Waals surface area (Å²) in [5.41, 5.74) is 0. The van der Waals surface area contributed by atoms with E-state index in [0.717, 1.165) is 31.0 Å². The molecule has 0 bridgehead atoms. The predicted octanol–water partition coefficient (Wildman–Crippen LogP) is 1.66. The first-order valence-corrected chi connectivity index (χ1v) is 5.58. The van der Waals surface area contributed by atoms with Crippen LogP contribution in [0.4, 0.5) is 0 Å². The van der Waals surface area contributed by atoms with Crippen molar-refractivity contribution in [2.75, 3.05) is 19.8 Å². The Hall–Kier alpha value is -0.0800. The molecule has 0 radical (unpaired) electrons. The molecule has 2 fully saturated rings. The highest BCUT2D eigenvalue weighted by molar-refractivity contribution is 4.93. The van der Waals surface area contributed by atoms with E-state index in [1.165, 1.54) is 19.4 Å². The molecule has 2 aliphatic rings. The van der Waals surface area contributed by atoms with Crippen LogP contribution in [0, 0.1) is 17.8 Å². The first kappa shape index (κ1) is 9.47. The zero-order chi connectivity index (χ0) is 9.26. The van der Waals surface area contributed by atoms with Crippen molar-refractivity contribution in [2.45, 2.75) is 32.7 Å². The van der Waals surface area contributed by atoms with Gasteiger partial charge < -0.3 is 10.1 Å². The summed E-state index contributed by atoms with van der Waals surface area (Å²) in [5, 5.41) is 3.52. The zero-order valence-corrected chi connectivity index (χ0v) is 8.75. The van der Waals surface area contributed by atoms with Gasteiger partial charge in [-0.15, -0.1) is 0 Å². The second-order valence-electron chi connectivity index (χ2n) is 4.85. The average Bonchev–Trinajstić information content (AvgIpc) is 2.66. The lowest BCUT2D eigenvalue weighted by Gasteiger charge is -2.09. The van der Waals surface area contributed by atoms with Crippen LogP contribution in [0.2, 0.25) is 0 Å². The van der Waals surface area contributed by atoms with E-state index < -0.39 is 0 Å². The molecule has 0 amide bonds. The average molecular weight is 183 g/mol. The SMILES string of the molecule is CC(C)NCC1CC1C1CCOC1. The first-order valence-electron chi connectivity index (χ1n) is 5.58. The van der Waals surface area contributed by atoms with Crippen LogP contribution in [0.5, 0.6) is 0 Å². The highest BCUT2D eigenvalue weighted by Gasteiger charge is 2.43. The highest BCUT2D eigenvalue weighted by atomic mass is 16.5. The summed E-state index contributed by atoms with van der Waals surface area (Å²) in [4.78, 5) is 0. The molecule has 0 aromatic heterocycles. The van der Waals surface area contributed by atoms with Gasteiger partial charge in [0.2, 0.25) is 0 Å². The molecule has 1 saturated heterocycles. The fraction of sp³-hybridized carbons (Fsp3) is 1.00. The van der Waals surface area contributed by atoms with Crippen LogP contribution < -0.4 is 5.32 Å². The first-order chi connectivity index (χ1) is 6.27. The van der Waals surface area contributed by atoms with E-state index in [9.17, 15) is 0 Å². The summed E-state index contributed by atoms with van der Waals surface area (Å²) < 4.78 is 5.41. The number of ether oxygens (including phenoxy) is 1. The van der Waals surface area contributed by atoms with Gasteiger partial charge in [0.25, 0.3) is 0 Å². The van der Waals surface area contributed by atoms with Gasteiger partial charge >= 0.3 is 0 Å². The molecular formula is C11H21NO.